The Labute approximate surface area is 66.9 Å². The van der Waals surface area contributed by atoms with E-state index < -0.39 is 6.23 Å². The van der Waals surface area contributed by atoms with Gasteiger partial charge in [-0.05, 0) is 18.6 Å². The van der Waals surface area contributed by atoms with Gasteiger partial charge in [0.2, 0.25) is 0 Å². The van der Waals surface area contributed by atoms with Crippen LogP contribution in [0.25, 0.3) is 0 Å². The van der Waals surface area contributed by atoms with Crippen LogP contribution in [0.15, 0.2) is 0 Å². The highest BCUT2D eigenvalue weighted by atomic mass is 32.1. The number of thiol groups is 2. The van der Waals surface area contributed by atoms with Crippen molar-refractivity contribution in [3.63, 3.8) is 0 Å². The van der Waals surface area contributed by atoms with Crippen LogP contribution in [0.2, 0.25) is 0 Å². The van der Waals surface area contributed by atoms with Crippen LogP contribution >= 0.6 is 25.3 Å². The molecule has 0 saturated carbocycles. The molecule has 0 saturated heterocycles. The maximum atomic E-state index is 9.11. The lowest BCUT2D eigenvalue weighted by Crippen LogP contribution is -2.35. The smallest absolute Gasteiger partial charge is 0.109 e. The molecule has 2 N–H and O–H groups in total. The maximum absolute atomic E-state index is 9.11. The van der Waals surface area contributed by atoms with Crippen LogP contribution in [0.3, 0.4) is 0 Å². The molecule has 0 aromatic rings. The first-order chi connectivity index (χ1) is 4.26. The third kappa shape index (κ3) is 3.35. The van der Waals surface area contributed by atoms with Crippen LogP contribution in [-0.4, -0.2) is 29.9 Å². The molecule has 0 aliphatic rings. The van der Waals surface area contributed by atoms with Crippen LogP contribution in [0, 0.1) is 5.92 Å². The van der Waals surface area contributed by atoms with E-state index in [0.717, 1.165) is 0 Å². The highest BCUT2D eigenvalue weighted by Crippen LogP contribution is 2.04. The van der Waals surface area contributed by atoms with E-state index in [0.29, 0.717) is 11.5 Å². The van der Waals surface area contributed by atoms with Gasteiger partial charge in [0.15, 0.2) is 0 Å². The van der Waals surface area contributed by atoms with E-state index in [1.807, 2.05) is 0 Å². The molecule has 0 aliphatic heterocycles. The minimum absolute atomic E-state index is 0.140. The highest BCUT2D eigenvalue weighted by Gasteiger charge is 2.12. The molecule has 56 valence electrons. The van der Waals surface area contributed by atoms with Crippen molar-refractivity contribution >= 4 is 25.3 Å². The Bertz CT molecular complexity index is 68.0. The summed E-state index contributed by atoms with van der Waals surface area (Å²) in [4.78, 5) is 0. The van der Waals surface area contributed by atoms with Crippen molar-refractivity contribution < 1.29 is 5.11 Å². The minimum atomic E-state index is -0.472. The normalized spacial score (nSPS) is 14.3. The Kier molecular flexibility index (Phi) is 5.78. The zero-order valence-electron chi connectivity index (χ0n) is 5.41. The zero-order chi connectivity index (χ0) is 7.28. The summed E-state index contributed by atoms with van der Waals surface area (Å²) < 4.78 is 0. The first-order valence-electron chi connectivity index (χ1n) is 2.83. The Morgan fingerprint density at radius 3 is 2.00 bits per heavy atom. The molecule has 2 nitrogen and oxygen atoms in total. The second-order valence-corrected chi connectivity index (χ2v) is 2.59. The molecule has 0 radical (unpaired) electrons. The first-order valence-corrected chi connectivity index (χ1v) is 4.09. The van der Waals surface area contributed by atoms with Crippen LogP contribution < -0.4 is 5.32 Å². The number of hydrogen-bond donors (Lipinski definition) is 4. The summed E-state index contributed by atoms with van der Waals surface area (Å²) in [5, 5.41) is 11.8. The van der Waals surface area contributed by atoms with E-state index in [2.05, 4.69) is 30.6 Å². The molecule has 0 rings (SSSR count). The molecule has 4 heteroatoms. The topological polar surface area (TPSA) is 32.3 Å². The van der Waals surface area contributed by atoms with E-state index in [1.54, 1.807) is 7.05 Å². The fourth-order valence-corrected chi connectivity index (χ4v) is 1.35. The Morgan fingerprint density at radius 2 is 1.89 bits per heavy atom. The maximum Gasteiger partial charge on any atom is 0.109 e. The van der Waals surface area contributed by atoms with Crippen LogP contribution in [-0.2, 0) is 0 Å². The Hall–Kier alpha value is 0.620. The van der Waals surface area contributed by atoms with Gasteiger partial charge in [-0.1, -0.05) is 0 Å². The SMILES string of the molecule is CNC(O)C(CS)CS. The fraction of sp³-hybridized carbons (Fsp3) is 1.00. The third-order valence-corrected chi connectivity index (χ3v) is 2.15. The summed E-state index contributed by atoms with van der Waals surface area (Å²) in [5.41, 5.74) is 0. The van der Waals surface area contributed by atoms with Gasteiger partial charge in [0.1, 0.15) is 6.23 Å². The minimum Gasteiger partial charge on any atom is -0.378 e. The molecule has 0 bridgehead atoms. The molecule has 9 heavy (non-hydrogen) atoms. The Morgan fingerprint density at radius 1 is 1.44 bits per heavy atom. The molecule has 0 amide bonds. The van der Waals surface area contributed by atoms with Crippen LogP contribution in [0.1, 0.15) is 0 Å². The van der Waals surface area contributed by atoms with Crippen molar-refractivity contribution in [2.24, 2.45) is 5.92 Å². The van der Waals surface area contributed by atoms with Crippen molar-refractivity contribution in [2.75, 3.05) is 18.6 Å². The molecule has 1 atom stereocenters. The van der Waals surface area contributed by atoms with Crippen LogP contribution in [0.5, 0.6) is 0 Å². The zero-order valence-corrected chi connectivity index (χ0v) is 7.20. The number of aliphatic hydroxyl groups excluding tert-OH is 1. The van der Waals surface area contributed by atoms with E-state index in [4.69, 9.17) is 5.11 Å². The van der Waals surface area contributed by atoms with E-state index in [1.165, 1.54) is 0 Å². The number of rotatable bonds is 4. The average Bonchev–Trinajstić information content (AvgIpc) is 1.90. The number of aliphatic hydroxyl groups is 1. The first kappa shape index (κ1) is 9.62. The van der Waals surface area contributed by atoms with Gasteiger partial charge in [-0.15, -0.1) is 0 Å². The Balaban J connectivity index is 3.50. The second-order valence-electron chi connectivity index (χ2n) is 1.86. The van der Waals surface area contributed by atoms with Crippen molar-refractivity contribution in [1.29, 1.82) is 0 Å². The second kappa shape index (κ2) is 5.41. The molecule has 0 spiro atoms. The van der Waals surface area contributed by atoms with Gasteiger partial charge in [0.05, 0.1) is 0 Å². The molecular formula is C5H13NOS2. The quantitative estimate of drug-likeness (QED) is 0.351. The molecule has 1 unspecified atom stereocenters. The number of nitrogens with one attached hydrogen (secondary N) is 1. The largest absolute Gasteiger partial charge is 0.378 e. The van der Waals surface area contributed by atoms with Crippen LogP contribution in [0.4, 0.5) is 0 Å². The number of hydrogen-bond acceptors (Lipinski definition) is 4. The van der Waals surface area contributed by atoms with Gasteiger partial charge in [0, 0.05) is 5.92 Å². The standard InChI is InChI=1S/C5H13NOS2/c1-6-5(7)4(2-8)3-9/h4-9H,2-3H2,1H3. The van der Waals surface area contributed by atoms with E-state index in [9.17, 15) is 0 Å². The third-order valence-electron chi connectivity index (χ3n) is 1.21. The predicted molar refractivity (Wildman–Crippen MR) is 46.3 cm³/mol. The lowest BCUT2D eigenvalue weighted by atomic mass is 10.2. The summed E-state index contributed by atoms with van der Waals surface area (Å²) >= 11 is 8.08. The summed E-state index contributed by atoms with van der Waals surface area (Å²) in [5.74, 6) is 1.46. The summed E-state index contributed by atoms with van der Waals surface area (Å²) in [6.07, 6.45) is -0.472. The molecule has 0 aromatic heterocycles. The fourth-order valence-electron chi connectivity index (χ4n) is 0.493. The van der Waals surface area contributed by atoms with Gasteiger partial charge < -0.3 is 5.11 Å². The van der Waals surface area contributed by atoms with Crippen molar-refractivity contribution in [3.05, 3.63) is 0 Å². The van der Waals surface area contributed by atoms with Gasteiger partial charge in [-0.3, -0.25) is 5.32 Å². The van der Waals surface area contributed by atoms with Crippen molar-refractivity contribution in [2.45, 2.75) is 6.23 Å². The molecule has 0 aromatic carbocycles. The van der Waals surface area contributed by atoms with Gasteiger partial charge in [-0.25, -0.2) is 0 Å². The van der Waals surface area contributed by atoms with Gasteiger partial charge >= 0.3 is 0 Å². The molecule has 0 heterocycles. The van der Waals surface area contributed by atoms with E-state index >= 15 is 0 Å². The van der Waals surface area contributed by atoms with Gasteiger partial charge in [-0.2, -0.15) is 25.3 Å². The summed E-state index contributed by atoms with van der Waals surface area (Å²) in [6.45, 7) is 0. The highest BCUT2D eigenvalue weighted by molar-refractivity contribution is 7.81. The molecular weight excluding hydrogens is 154 g/mol. The summed E-state index contributed by atoms with van der Waals surface area (Å²) in [6, 6.07) is 0. The lowest BCUT2D eigenvalue weighted by Gasteiger charge is -2.17. The lowest BCUT2D eigenvalue weighted by molar-refractivity contribution is 0.103. The van der Waals surface area contributed by atoms with Crippen molar-refractivity contribution in [3.8, 4) is 0 Å². The average molecular weight is 167 g/mol. The monoisotopic (exact) mass is 167 g/mol. The molecule has 0 aliphatic carbocycles. The molecule has 0 fully saturated rings. The van der Waals surface area contributed by atoms with E-state index in [-0.39, 0.29) is 5.92 Å². The predicted octanol–water partition coefficient (Wildman–Crippen LogP) is -0.000000000000000111. The van der Waals surface area contributed by atoms with Crippen molar-refractivity contribution in [1.82, 2.24) is 5.32 Å². The summed E-state index contributed by atoms with van der Waals surface area (Å²) in [7, 11) is 1.71. The van der Waals surface area contributed by atoms with Gasteiger partial charge in [0.25, 0.3) is 0 Å².